The fraction of sp³-hybridized carbons (Fsp3) is 0.333. The van der Waals surface area contributed by atoms with Crippen LogP contribution in [0.4, 0.5) is 4.39 Å². The Kier molecular flexibility index (Phi) is 5.00. The number of aromatic nitrogens is 1. The average molecular weight is 324 g/mol. The lowest BCUT2D eigenvalue weighted by Gasteiger charge is -2.22. The number of halogens is 1. The number of para-hydroxylation sites is 1. The molecule has 1 N–H and O–H groups in total. The van der Waals surface area contributed by atoms with E-state index in [-0.39, 0.29) is 5.82 Å². The fourth-order valence-corrected chi connectivity index (χ4v) is 3.46. The van der Waals surface area contributed by atoms with Crippen LogP contribution in [0, 0.1) is 5.82 Å². The van der Waals surface area contributed by atoms with Crippen LogP contribution in [0.5, 0.6) is 0 Å². The van der Waals surface area contributed by atoms with E-state index in [0.29, 0.717) is 6.04 Å². The van der Waals surface area contributed by atoms with Crippen LogP contribution in [0.2, 0.25) is 0 Å². The average Bonchev–Trinajstić information content (AvgIpc) is 2.92. The lowest BCUT2D eigenvalue weighted by atomic mass is 10.00. The molecular formula is C21H25FN2. The van der Waals surface area contributed by atoms with Gasteiger partial charge in [-0.3, -0.25) is 0 Å². The molecule has 2 heterocycles. The monoisotopic (exact) mass is 324 g/mol. The summed E-state index contributed by atoms with van der Waals surface area (Å²) in [6.07, 6.45) is 1.06. The molecule has 0 aliphatic carbocycles. The van der Waals surface area contributed by atoms with Gasteiger partial charge in [0, 0.05) is 35.7 Å². The van der Waals surface area contributed by atoms with Gasteiger partial charge in [-0.05, 0) is 42.7 Å². The molecule has 1 aromatic heterocycles. The van der Waals surface area contributed by atoms with Crippen molar-refractivity contribution in [2.45, 2.75) is 46.3 Å². The molecule has 0 spiro atoms. The van der Waals surface area contributed by atoms with Crippen molar-refractivity contribution < 1.29 is 4.39 Å². The molecule has 1 aliphatic heterocycles. The summed E-state index contributed by atoms with van der Waals surface area (Å²) in [5.74, 6) is -0.182. The zero-order chi connectivity index (χ0) is 17.1. The van der Waals surface area contributed by atoms with Gasteiger partial charge in [0.2, 0.25) is 0 Å². The summed E-state index contributed by atoms with van der Waals surface area (Å²) >= 11 is 0. The molecular weight excluding hydrogens is 299 g/mol. The van der Waals surface area contributed by atoms with Gasteiger partial charge in [0.25, 0.3) is 0 Å². The van der Waals surface area contributed by atoms with Crippen molar-refractivity contribution in [2.75, 3.05) is 0 Å². The molecule has 2 aromatic carbocycles. The van der Waals surface area contributed by atoms with Crippen LogP contribution >= 0.6 is 0 Å². The largest absolute Gasteiger partial charge is 0.339 e. The van der Waals surface area contributed by atoms with Crippen molar-refractivity contribution >= 4 is 10.9 Å². The standard InChI is InChI=1S/C19H19FN2.C2H6/c1-13-10-17-16-4-2-3-5-18(16)22(19(17)11-21-13)12-14-6-8-15(20)9-7-14;1-2/h2-9,13,21H,10-12H2,1H3;1-2H3. The zero-order valence-electron chi connectivity index (χ0n) is 14.6. The van der Waals surface area contributed by atoms with Gasteiger partial charge in [-0.15, -0.1) is 0 Å². The van der Waals surface area contributed by atoms with E-state index in [9.17, 15) is 4.39 Å². The van der Waals surface area contributed by atoms with E-state index in [4.69, 9.17) is 0 Å². The maximum atomic E-state index is 13.1. The van der Waals surface area contributed by atoms with Gasteiger partial charge < -0.3 is 9.88 Å². The first-order chi connectivity index (χ1) is 11.7. The first kappa shape index (κ1) is 16.7. The summed E-state index contributed by atoms with van der Waals surface area (Å²) in [7, 11) is 0. The number of nitrogens with zero attached hydrogens (tertiary/aromatic N) is 1. The van der Waals surface area contributed by atoms with E-state index in [2.05, 4.69) is 41.1 Å². The Morgan fingerprint density at radius 3 is 2.54 bits per heavy atom. The second-order valence-electron chi connectivity index (χ2n) is 6.14. The van der Waals surface area contributed by atoms with Crippen molar-refractivity contribution in [3.8, 4) is 0 Å². The second-order valence-corrected chi connectivity index (χ2v) is 6.14. The molecule has 3 aromatic rings. The van der Waals surface area contributed by atoms with Crippen LogP contribution < -0.4 is 5.32 Å². The minimum Gasteiger partial charge on any atom is -0.339 e. The molecule has 4 rings (SSSR count). The predicted octanol–water partition coefficient (Wildman–Crippen LogP) is 4.89. The Morgan fingerprint density at radius 1 is 1.08 bits per heavy atom. The maximum Gasteiger partial charge on any atom is 0.123 e. The lowest BCUT2D eigenvalue weighted by Crippen LogP contribution is -2.33. The molecule has 0 saturated carbocycles. The normalized spacial score (nSPS) is 16.4. The third kappa shape index (κ3) is 3.09. The molecule has 0 saturated heterocycles. The Bertz CT molecular complexity index is 818. The van der Waals surface area contributed by atoms with Gasteiger partial charge >= 0.3 is 0 Å². The van der Waals surface area contributed by atoms with Crippen LogP contribution in [0.15, 0.2) is 48.5 Å². The molecule has 1 atom stereocenters. The summed E-state index contributed by atoms with van der Waals surface area (Å²) in [4.78, 5) is 0. The first-order valence-electron chi connectivity index (χ1n) is 8.79. The fourth-order valence-electron chi connectivity index (χ4n) is 3.46. The highest BCUT2D eigenvalue weighted by atomic mass is 19.1. The molecule has 0 bridgehead atoms. The van der Waals surface area contributed by atoms with Gasteiger partial charge in [-0.1, -0.05) is 44.2 Å². The summed E-state index contributed by atoms with van der Waals surface area (Å²) < 4.78 is 15.5. The summed E-state index contributed by atoms with van der Waals surface area (Å²) in [5.41, 5.74) is 5.23. The third-order valence-electron chi connectivity index (χ3n) is 4.58. The van der Waals surface area contributed by atoms with Crippen molar-refractivity contribution in [1.29, 1.82) is 0 Å². The van der Waals surface area contributed by atoms with Gasteiger partial charge in [0.15, 0.2) is 0 Å². The van der Waals surface area contributed by atoms with E-state index in [1.54, 1.807) is 0 Å². The maximum absolute atomic E-state index is 13.1. The van der Waals surface area contributed by atoms with Crippen LogP contribution in [-0.2, 0) is 19.5 Å². The molecule has 0 amide bonds. The van der Waals surface area contributed by atoms with Gasteiger partial charge in [0.1, 0.15) is 5.82 Å². The second kappa shape index (κ2) is 7.18. The summed E-state index contributed by atoms with van der Waals surface area (Å²) in [6.45, 7) is 7.91. The van der Waals surface area contributed by atoms with E-state index < -0.39 is 0 Å². The quantitative estimate of drug-likeness (QED) is 0.710. The van der Waals surface area contributed by atoms with Crippen molar-refractivity contribution in [1.82, 2.24) is 9.88 Å². The number of nitrogens with one attached hydrogen (secondary N) is 1. The Morgan fingerprint density at radius 2 is 1.79 bits per heavy atom. The molecule has 0 radical (unpaired) electrons. The van der Waals surface area contributed by atoms with E-state index >= 15 is 0 Å². The smallest absolute Gasteiger partial charge is 0.123 e. The van der Waals surface area contributed by atoms with E-state index in [1.807, 2.05) is 26.0 Å². The highest BCUT2D eigenvalue weighted by molar-refractivity contribution is 5.86. The van der Waals surface area contributed by atoms with Crippen LogP contribution in [-0.4, -0.2) is 10.6 Å². The highest BCUT2D eigenvalue weighted by Crippen LogP contribution is 2.30. The van der Waals surface area contributed by atoms with E-state index in [0.717, 1.165) is 25.1 Å². The SMILES string of the molecule is CC.CC1Cc2c(n(Cc3ccc(F)cc3)c3ccccc23)CN1. The number of hydrogen-bond donors (Lipinski definition) is 1. The molecule has 2 nitrogen and oxygen atoms in total. The molecule has 24 heavy (non-hydrogen) atoms. The minimum absolute atomic E-state index is 0.182. The third-order valence-corrected chi connectivity index (χ3v) is 4.58. The minimum atomic E-state index is -0.182. The Balaban J connectivity index is 0.000000815. The van der Waals surface area contributed by atoms with Crippen LogP contribution in [0.1, 0.15) is 37.6 Å². The number of hydrogen-bond acceptors (Lipinski definition) is 1. The first-order valence-corrected chi connectivity index (χ1v) is 8.79. The Hall–Kier alpha value is -2.13. The van der Waals surface area contributed by atoms with Gasteiger partial charge in [0.05, 0.1) is 0 Å². The molecule has 1 unspecified atom stereocenters. The number of fused-ring (bicyclic) bond motifs is 3. The topological polar surface area (TPSA) is 17.0 Å². The molecule has 0 fully saturated rings. The number of rotatable bonds is 2. The van der Waals surface area contributed by atoms with Crippen molar-refractivity contribution in [3.63, 3.8) is 0 Å². The van der Waals surface area contributed by atoms with Crippen molar-refractivity contribution in [2.24, 2.45) is 0 Å². The molecule has 126 valence electrons. The molecule has 1 aliphatic rings. The van der Waals surface area contributed by atoms with E-state index in [1.165, 1.54) is 34.3 Å². The predicted molar refractivity (Wildman–Crippen MR) is 98.8 cm³/mol. The van der Waals surface area contributed by atoms with Gasteiger partial charge in [-0.2, -0.15) is 0 Å². The lowest BCUT2D eigenvalue weighted by molar-refractivity contribution is 0.497. The van der Waals surface area contributed by atoms with Crippen LogP contribution in [0.3, 0.4) is 0 Å². The van der Waals surface area contributed by atoms with Crippen molar-refractivity contribution in [3.05, 3.63) is 71.2 Å². The summed E-state index contributed by atoms with van der Waals surface area (Å²) in [6, 6.07) is 15.9. The highest BCUT2D eigenvalue weighted by Gasteiger charge is 2.22. The molecule has 3 heteroatoms. The summed E-state index contributed by atoms with van der Waals surface area (Å²) in [5, 5.41) is 4.91. The zero-order valence-corrected chi connectivity index (χ0v) is 14.6. The van der Waals surface area contributed by atoms with Gasteiger partial charge in [-0.25, -0.2) is 4.39 Å². The van der Waals surface area contributed by atoms with Crippen LogP contribution in [0.25, 0.3) is 10.9 Å². The number of benzene rings is 2. The Labute approximate surface area is 143 Å².